The number of Topliss-reactive ketones (excluding diaryl/α,β-unsaturated/α-hetero) is 1. The van der Waals surface area contributed by atoms with Gasteiger partial charge in [-0.1, -0.05) is 106 Å². The van der Waals surface area contributed by atoms with Crippen LogP contribution in [0.4, 0.5) is 0 Å². The monoisotopic (exact) mass is 624 g/mol. The van der Waals surface area contributed by atoms with E-state index >= 15 is 0 Å². The molecule has 1 aliphatic carbocycles. The Hall–Kier alpha value is -4.79. The number of carbonyl (C=O) groups excluding carboxylic acids is 5. The third-order valence-electron chi connectivity index (χ3n) is 8.32. The van der Waals surface area contributed by atoms with E-state index in [-0.39, 0.29) is 18.4 Å². The number of ketones is 1. The molecule has 0 unspecified atom stereocenters. The lowest BCUT2D eigenvalue weighted by atomic mass is 9.94. The average Bonchev–Trinajstić information content (AvgIpc) is 3.07. The molecular formula is C37H44N4O5. The van der Waals surface area contributed by atoms with E-state index in [1.54, 1.807) is 26.0 Å². The summed E-state index contributed by atoms with van der Waals surface area (Å²) in [6.07, 6.45) is 5.00. The van der Waals surface area contributed by atoms with E-state index in [0.717, 1.165) is 48.8 Å². The van der Waals surface area contributed by atoms with Gasteiger partial charge < -0.3 is 21.3 Å². The second kappa shape index (κ2) is 16.5. The highest BCUT2D eigenvalue weighted by Gasteiger charge is 2.33. The van der Waals surface area contributed by atoms with Crippen molar-refractivity contribution in [2.45, 2.75) is 83.5 Å². The lowest BCUT2D eigenvalue weighted by molar-refractivity contribution is -0.141. The third kappa shape index (κ3) is 9.60. The van der Waals surface area contributed by atoms with Crippen molar-refractivity contribution in [1.82, 2.24) is 21.3 Å². The quantitative estimate of drug-likeness (QED) is 0.210. The first-order valence-electron chi connectivity index (χ1n) is 16.1. The zero-order chi connectivity index (χ0) is 33.1. The third-order valence-corrected chi connectivity index (χ3v) is 8.32. The molecule has 0 saturated heterocycles. The number of carbonyl (C=O) groups is 5. The predicted octanol–water partition coefficient (Wildman–Crippen LogP) is 4.36. The van der Waals surface area contributed by atoms with Gasteiger partial charge in [0.2, 0.25) is 17.6 Å². The molecule has 0 aromatic heterocycles. The van der Waals surface area contributed by atoms with Crippen LogP contribution in [0.2, 0.25) is 0 Å². The zero-order valence-corrected chi connectivity index (χ0v) is 26.8. The Labute approximate surface area is 270 Å². The van der Waals surface area contributed by atoms with E-state index in [1.807, 2.05) is 72.8 Å². The van der Waals surface area contributed by atoms with Crippen molar-refractivity contribution in [3.8, 4) is 11.1 Å². The van der Waals surface area contributed by atoms with Crippen molar-refractivity contribution in [2.24, 2.45) is 5.92 Å². The summed E-state index contributed by atoms with van der Waals surface area (Å²) in [5, 5.41) is 11.0. The van der Waals surface area contributed by atoms with Crippen LogP contribution in [0.1, 0.15) is 68.8 Å². The van der Waals surface area contributed by atoms with E-state index in [2.05, 4.69) is 21.3 Å². The van der Waals surface area contributed by atoms with Crippen LogP contribution in [0.3, 0.4) is 0 Å². The van der Waals surface area contributed by atoms with Gasteiger partial charge in [0, 0.05) is 18.0 Å². The van der Waals surface area contributed by atoms with Gasteiger partial charge in [0.25, 0.3) is 11.8 Å². The number of benzene rings is 3. The first-order chi connectivity index (χ1) is 22.1. The molecule has 4 amide bonds. The van der Waals surface area contributed by atoms with Crippen molar-refractivity contribution in [3.05, 3.63) is 96.1 Å². The van der Waals surface area contributed by atoms with Gasteiger partial charge in [-0.05, 0) is 54.5 Å². The van der Waals surface area contributed by atoms with Gasteiger partial charge in [-0.3, -0.25) is 24.0 Å². The molecule has 0 spiro atoms. The van der Waals surface area contributed by atoms with Crippen molar-refractivity contribution in [3.63, 3.8) is 0 Å². The molecule has 3 aromatic carbocycles. The summed E-state index contributed by atoms with van der Waals surface area (Å²) in [5.74, 6) is -3.35. The van der Waals surface area contributed by atoms with Gasteiger partial charge in [0.05, 0.1) is 6.04 Å². The van der Waals surface area contributed by atoms with Crippen molar-refractivity contribution < 1.29 is 24.0 Å². The lowest BCUT2D eigenvalue weighted by Gasteiger charge is -2.26. The molecule has 9 nitrogen and oxygen atoms in total. The molecule has 242 valence electrons. The Morgan fingerprint density at radius 1 is 0.674 bits per heavy atom. The van der Waals surface area contributed by atoms with Gasteiger partial charge in [-0.15, -0.1) is 0 Å². The molecule has 1 fully saturated rings. The maximum atomic E-state index is 13.5. The SMILES string of the molecule is CC(C)[C@H](NC(=O)[C@H](C)NC(=O)[C@@H](Cc1ccccc1)NC(=O)c1ccc(-c2ccccc2)cc1)C(=O)C(=O)NC1CCCCC1. The van der Waals surface area contributed by atoms with Gasteiger partial charge in [-0.2, -0.15) is 0 Å². The van der Waals surface area contributed by atoms with E-state index in [1.165, 1.54) is 6.92 Å². The first kappa shape index (κ1) is 34.1. The number of hydrogen-bond donors (Lipinski definition) is 4. The molecule has 4 rings (SSSR count). The lowest BCUT2D eigenvalue weighted by Crippen LogP contribution is -2.57. The summed E-state index contributed by atoms with van der Waals surface area (Å²) < 4.78 is 0. The minimum absolute atomic E-state index is 0.0366. The minimum atomic E-state index is -1.05. The number of nitrogens with one attached hydrogen (secondary N) is 4. The molecular weight excluding hydrogens is 580 g/mol. The molecule has 46 heavy (non-hydrogen) atoms. The van der Waals surface area contributed by atoms with Gasteiger partial charge in [0.15, 0.2) is 0 Å². The van der Waals surface area contributed by atoms with E-state index in [9.17, 15) is 24.0 Å². The fourth-order valence-electron chi connectivity index (χ4n) is 5.58. The van der Waals surface area contributed by atoms with Crippen LogP contribution < -0.4 is 21.3 Å². The van der Waals surface area contributed by atoms with Crippen LogP contribution in [-0.2, 0) is 25.6 Å². The summed E-state index contributed by atoms with van der Waals surface area (Å²) in [4.78, 5) is 65.8. The Morgan fingerprint density at radius 2 is 1.26 bits per heavy atom. The fourth-order valence-corrected chi connectivity index (χ4v) is 5.58. The average molecular weight is 625 g/mol. The normalized spacial score (nSPS) is 15.2. The number of amides is 4. The molecule has 1 aliphatic rings. The molecule has 0 radical (unpaired) electrons. The fraction of sp³-hybridized carbons (Fsp3) is 0.378. The van der Waals surface area contributed by atoms with Crippen molar-refractivity contribution in [1.29, 1.82) is 0 Å². The molecule has 0 bridgehead atoms. The number of rotatable bonds is 13. The highest BCUT2D eigenvalue weighted by molar-refractivity contribution is 6.38. The second-order valence-electron chi connectivity index (χ2n) is 12.3. The van der Waals surface area contributed by atoms with E-state index in [0.29, 0.717) is 5.56 Å². The summed E-state index contributed by atoms with van der Waals surface area (Å²) in [6, 6.07) is 23.1. The Morgan fingerprint density at radius 3 is 1.87 bits per heavy atom. The standard InChI is InChI=1S/C37H44N4O5/c1-24(2)32(33(42)37(46)39-30-17-11-6-12-18-30)41-34(43)25(3)38-36(45)31(23-26-13-7-4-8-14-26)40-35(44)29-21-19-28(20-22-29)27-15-9-5-10-16-27/h4-5,7-10,13-16,19-22,24-25,30-32H,6,11-12,17-18,23H2,1-3H3,(H,38,45)(H,39,46)(H,40,44)(H,41,43)/t25-,31+,32-/m0/s1. The summed E-state index contributed by atoms with van der Waals surface area (Å²) in [7, 11) is 0. The molecule has 4 N–H and O–H groups in total. The van der Waals surface area contributed by atoms with Gasteiger partial charge in [0.1, 0.15) is 12.1 Å². The van der Waals surface area contributed by atoms with Crippen LogP contribution in [0, 0.1) is 5.92 Å². The van der Waals surface area contributed by atoms with Crippen LogP contribution in [0.25, 0.3) is 11.1 Å². The number of hydrogen-bond acceptors (Lipinski definition) is 5. The van der Waals surface area contributed by atoms with Gasteiger partial charge >= 0.3 is 0 Å². The van der Waals surface area contributed by atoms with Crippen LogP contribution in [0.15, 0.2) is 84.9 Å². The van der Waals surface area contributed by atoms with Crippen molar-refractivity contribution >= 4 is 29.4 Å². The largest absolute Gasteiger partial charge is 0.347 e. The topological polar surface area (TPSA) is 133 Å². The maximum Gasteiger partial charge on any atom is 0.289 e. The highest BCUT2D eigenvalue weighted by atomic mass is 16.2. The van der Waals surface area contributed by atoms with Crippen LogP contribution in [0.5, 0.6) is 0 Å². The maximum absolute atomic E-state index is 13.5. The Balaban J connectivity index is 1.40. The predicted molar refractivity (Wildman–Crippen MR) is 178 cm³/mol. The summed E-state index contributed by atoms with van der Waals surface area (Å²) in [5.41, 5.74) is 3.20. The Kier molecular flexibility index (Phi) is 12.2. The zero-order valence-electron chi connectivity index (χ0n) is 26.8. The molecule has 0 aliphatic heterocycles. The van der Waals surface area contributed by atoms with Crippen molar-refractivity contribution in [2.75, 3.05) is 0 Å². The minimum Gasteiger partial charge on any atom is -0.347 e. The molecule has 3 aromatic rings. The second-order valence-corrected chi connectivity index (χ2v) is 12.3. The molecule has 1 saturated carbocycles. The molecule has 3 atom stereocenters. The van der Waals surface area contributed by atoms with Gasteiger partial charge in [-0.25, -0.2) is 0 Å². The van der Waals surface area contributed by atoms with E-state index < -0.39 is 47.5 Å². The highest BCUT2D eigenvalue weighted by Crippen LogP contribution is 2.20. The summed E-state index contributed by atoms with van der Waals surface area (Å²) in [6.45, 7) is 5.00. The first-order valence-corrected chi connectivity index (χ1v) is 16.1. The molecule has 9 heteroatoms. The van der Waals surface area contributed by atoms with Crippen LogP contribution in [-0.4, -0.2) is 53.6 Å². The smallest absolute Gasteiger partial charge is 0.289 e. The van der Waals surface area contributed by atoms with Crippen LogP contribution >= 0.6 is 0 Å². The Bertz CT molecular complexity index is 1490. The van der Waals surface area contributed by atoms with E-state index in [4.69, 9.17) is 0 Å². The molecule has 0 heterocycles. The summed E-state index contributed by atoms with van der Waals surface area (Å²) >= 11 is 0.